The SMILES string of the molecule is CC(C)C[C@H](NC(=O)[C@H](C)NC(=O)[C@@H](N)CC(C)C)C(=O)N[C@@H](CCCCN)C(=O)N[C@@H](Cc1ccc(O)cc1)C(=O)N[C@@H](CC(C)C)C(=O)N[C@@H](CC(C)C)C(=O)N[C@H](C(=O)N1CCC[C@H]1C(=O)N[C@H](C(=O)O)C(C)C)[C@@H](C)O. The van der Waals surface area contributed by atoms with E-state index in [4.69, 9.17) is 11.5 Å². The third-order valence-corrected chi connectivity index (χ3v) is 13.5. The van der Waals surface area contributed by atoms with Crippen LogP contribution in [0.2, 0.25) is 0 Å². The fourth-order valence-corrected chi connectivity index (χ4v) is 9.22. The number of phenols is 1. The lowest BCUT2D eigenvalue weighted by Crippen LogP contribution is -2.62. The Morgan fingerprint density at radius 2 is 1.01 bits per heavy atom. The molecule has 15 N–H and O–H groups in total. The van der Waals surface area contributed by atoms with E-state index in [1.54, 1.807) is 53.7 Å². The minimum atomic E-state index is -1.58. The number of carbonyl (C=O) groups excluding carboxylic acids is 9. The average Bonchev–Trinajstić information content (AvgIpc) is 3.86. The molecule has 1 aromatic carbocycles. The van der Waals surface area contributed by atoms with Crippen LogP contribution in [0, 0.1) is 29.6 Å². The van der Waals surface area contributed by atoms with Crippen molar-refractivity contribution in [3.8, 4) is 5.75 Å². The van der Waals surface area contributed by atoms with Crippen LogP contribution in [0.25, 0.3) is 0 Å². The first-order chi connectivity index (χ1) is 37.4. The molecule has 1 heterocycles. The number of rotatable bonds is 34. The second kappa shape index (κ2) is 34.0. The van der Waals surface area contributed by atoms with Crippen molar-refractivity contribution in [2.24, 2.45) is 41.1 Å². The van der Waals surface area contributed by atoms with Gasteiger partial charge >= 0.3 is 5.97 Å². The maximum atomic E-state index is 14.6. The minimum Gasteiger partial charge on any atom is -0.508 e. The van der Waals surface area contributed by atoms with Crippen LogP contribution < -0.4 is 54.0 Å². The van der Waals surface area contributed by atoms with Gasteiger partial charge in [0, 0.05) is 13.0 Å². The Kier molecular flexibility index (Phi) is 29.6. The van der Waals surface area contributed by atoms with E-state index in [0.717, 1.165) is 0 Å². The first kappa shape index (κ1) is 69.7. The summed E-state index contributed by atoms with van der Waals surface area (Å²) in [5, 5.41) is 52.0. The monoisotopic (exact) mass is 1130 g/mol. The maximum absolute atomic E-state index is 14.6. The van der Waals surface area contributed by atoms with E-state index in [1.165, 1.54) is 30.9 Å². The van der Waals surface area contributed by atoms with Gasteiger partial charge in [-0.2, -0.15) is 0 Å². The number of hydrogen-bond donors (Lipinski definition) is 13. The van der Waals surface area contributed by atoms with Crippen molar-refractivity contribution in [2.75, 3.05) is 13.1 Å². The fraction of sp³-hybridized carbons (Fsp3) is 0.714. The third kappa shape index (κ3) is 23.7. The smallest absolute Gasteiger partial charge is 0.326 e. The molecule has 1 fully saturated rings. The van der Waals surface area contributed by atoms with Gasteiger partial charge in [-0.15, -0.1) is 0 Å². The molecule has 80 heavy (non-hydrogen) atoms. The van der Waals surface area contributed by atoms with Crippen LogP contribution in [0.1, 0.15) is 146 Å². The highest BCUT2D eigenvalue weighted by atomic mass is 16.4. The number of likely N-dealkylation sites (tertiary alicyclic amines) is 1. The molecule has 0 unspecified atom stereocenters. The van der Waals surface area contributed by atoms with Crippen LogP contribution in [0.5, 0.6) is 5.75 Å². The summed E-state index contributed by atoms with van der Waals surface area (Å²) in [4.78, 5) is 139. The largest absolute Gasteiger partial charge is 0.508 e. The molecular formula is C56H95N11O13. The molecule has 9 amide bonds. The zero-order valence-electron chi connectivity index (χ0n) is 49.1. The van der Waals surface area contributed by atoms with Crippen LogP contribution in [0.3, 0.4) is 0 Å². The molecule has 1 aromatic rings. The Balaban J connectivity index is 2.47. The number of carboxylic acids is 1. The van der Waals surface area contributed by atoms with Crippen LogP contribution in [0.15, 0.2) is 24.3 Å². The highest BCUT2D eigenvalue weighted by molar-refractivity contribution is 5.99. The Morgan fingerprint density at radius 3 is 1.48 bits per heavy atom. The molecule has 0 aliphatic carbocycles. The highest BCUT2D eigenvalue weighted by Gasteiger charge is 2.42. The summed E-state index contributed by atoms with van der Waals surface area (Å²) >= 11 is 0. The van der Waals surface area contributed by atoms with Crippen molar-refractivity contribution in [3.63, 3.8) is 0 Å². The number of nitrogens with one attached hydrogen (secondary N) is 8. The topological polar surface area (TPSA) is 383 Å². The van der Waals surface area contributed by atoms with Gasteiger partial charge < -0.3 is 74.2 Å². The van der Waals surface area contributed by atoms with E-state index in [0.29, 0.717) is 31.2 Å². The van der Waals surface area contributed by atoms with E-state index in [2.05, 4.69) is 42.5 Å². The molecule has 1 aliphatic heterocycles. The van der Waals surface area contributed by atoms with Crippen molar-refractivity contribution >= 4 is 59.1 Å². The summed E-state index contributed by atoms with van der Waals surface area (Å²) in [7, 11) is 0. The number of benzene rings is 1. The zero-order valence-corrected chi connectivity index (χ0v) is 49.1. The number of aliphatic hydroxyl groups is 1. The Labute approximate surface area is 472 Å². The molecule has 452 valence electrons. The standard InChI is InChI=1S/C56H95N11O13/c1-29(2)24-38(58)48(71)59-34(11)47(70)61-40(25-30(3)4)50(73)60-39(16-13-14-22-57)49(72)64-43(28-36-18-20-37(69)21-19-36)52(75)62-41(26-31(5)6)51(74)63-42(27-32(7)8)53(76)66-46(35(12)68)55(78)67-23-15-17-44(67)54(77)65-45(33(9)10)56(79)80/h18-21,29-35,38-46,68-69H,13-17,22-28,57-58H2,1-12H3,(H,59,71)(H,60,73)(H,61,70)(H,62,75)(H,63,74)(H,64,72)(H,65,77)(H,66,76)(H,79,80)/t34-,35+,38-,39-,40-,41-,42-,43-,44-,45-,46-/m0/s1. The van der Waals surface area contributed by atoms with Gasteiger partial charge in [0.1, 0.15) is 60.1 Å². The van der Waals surface area contributed by atoms with Gasteiger partial charge in [0.05, 0.1) is 12.1 Å². The van der Waals surface area contributed by atoms with Crippen molar-refractivity contribution in [3.05, 3.63) is 29.8 Å². The zero-order chi connectivity index (χ0) is 60.7. The van der Waals surface area contributed by atoms with Crippen molar-refractivity contribution in [1.82, 2.24) is 47.4 Å². The second-order valence-corrected chi connectivity index (χ2v) is 23.3. The molecule has 1 saturated heterocycles. The Hall–Kier alpha value is -6.40. The molecule has 0 radical (unpaired) electrons. The molecule has 0 saturated carbocycles. The molecule has 0 spiro atoms. The van der Waals surface area contributed by atoms with Crippen LogP contribution >= 0.6 is 0 Å². The summed E-state index contributed by atoms with van der Waals surface area (Å²) in [6.07, 6.45) is 0.532. The van der Waals surface area contributed by atoms with E-state index >= 15 is 0 Å². The van der Waals surface area contributed by atoms with E-state index in [1.807, 2.05) is 27.7 Å². The third-order valence-electron chi connectivity index (χ3n) is 13.5. The number of carbonyl (C=O) groups is 10. The number of amides is 9. The Morgan fingerprint density at radius 1 is 0.562 bits per heavy atom. The first-order valence-electron chi connectivity index (χ1n) is 28.2. The number of aliphatic carboxylic acids is 1. The number of nitrogens with two attached hydrogens (primary N) is 2. The van der Waals surface area contributed by atoms with Crippen molar-refractivity contribution in [1.29, 1.82) is 0 Å². The van der Waals surface area contributed by atoms with Gasteiger partial charge in [-0.3, -0.25) is 43.2 Å². The second-order valence-electron chi connectivity index (χ2n) is 23.3. The minimum absolute atomic E-state index is 0.0441. The molecule has 0 bridgehead atoms. The normalized spacial score (nSPS) is 17.2. The molecular weight excluding hydrogens is 1030 g/mol. The van der Waals surface area contributed by atoms with E-state index in [-0.39, 0.29) is 81.0 Å². The molecule has 0 aromatic heterocycles. The molecule has 2 rings (SSSR count). The number of nitrogens with zero attached hydrogens (tertiary/aromatic N) is 1. The summed E-state index contributed by atoms with van der Waals surface area (Å²) in [5.41, 5.74) is 12.3. The van der Waals surface area contributed by atoms with Gasteiger partial charge in [0.2, 0.25) is 53.2 Å². The lowest BCUT2D eigenvalue weighted by atomic mass is 9.98. The van der Waals surface area contributed by atoms with Crippen molar-refractivity contribution in [2.45, 2.75) is 214 Å². The number of aromatic hydroxyl groups is 1. The van der Waals surface area contributed by atoms with E-state index in [9.17, 15) is 63.3 Å². The van der Waals surface area contributed by atoms with Gasteiger partial charge in [0.25, 0.3) is 0 Å². The molecule has 24 nitrogen and oxygen atoms in total. The predicted octanol–water partition coefficient (Wildman–Crippen LogP) is 0.586. The number of phenolic OH excluding ortho intramolecular Hbond substituents is 1. The van der Waals surface area contributed by atoms with Gasteiger partial charge in [-0.25, -0.2) is 4.79 Å². The van der Waals surface area contributed by atoms with Gasteiger partial charge in [0.15, 0.2) is 0 Å². The number of carboxylic acid groups (broad SMARTS) is 1. The summed E-state index contributed by atoms with van der Waals surface area (Å²) in [6, 6.07) is -6.33. The lowest BCUT2D eigenvalue weighted by molar-refractivity contribution is -0.147. The quantitative estimate of drug-likeness (QED) is 0.0420. The molecule has 1 aliphatic rings. The fourth-order valence-electron chi connectivity index (χ4n) is 9.22. The maximum Gasteiger partial charge on any atom is 0.326 e. The molecule has 24 heteroatoms. The van der Waals surface area contributed by atoms with Gasteiger partial charge in [-0.05, 0) is 125 Å². The summed E-state index contributed by atoms with van der Waals surface area (Å²) < 4.78 is 0. The number of aliphatic hydroxyl groups excluding tert-OH is 1. The lowest BCUT2D eigenvalue weighted by Gasteiger charge is -2.32. The van der Waals surface area contributed by atoms with Crippen LogP contribution in [-0.4, -0.2) is 159 Å². The van der Waals surface area contributed by atoms with Crippen LogP contribution in [-0.2, 0) is 54.4 Å². The van der Waals surface area contributed by atoms with Gasteiger partial charge in [-0.1, -0.05) is 81.4 Å². The van der Waals surface area contributed by atoms with E-state index < -0.39 is 132 Å². The summed E-state index contributed by atoms with van der Waals surface area (Å²) in [5.74, 6) is -8.77. The number of hydrogen-bond acceptors (Lipinski definition) is 14. The van der Waals surface area contributed by atoms with Crippen LogP contribution in [0.4, 0.5) is 0 Å². The number of unbranched alkanes of at least 4 members (excludes halogenated alkanes) is 1. The average molecular weight is 1130 g/mol. The highest BCUT2D eigenvalue weighted by Crippen LogP contribution is 2.21. The predicted molar refractivity (Wildman–Crippen MR) is 301 cm³/mol. The molecule has 11 atom stereocenters. The first-order valence-corrected chi connectivity index (χ1v) is 28.2. The Bertz CT molecular complexity index is 2230. The summed E-state index contributed by atoms with van der Waals surface area (Å²) in [6.45, 7) is 21.1. The van der Waals surface area contributed by atoms with Crippen molar-refractivity contribution < 1.29 is 63.3 Å².